The summed E-state index contributed by atoms with van der Waals surface area (Å²) >= 11 is 0. The monoisotopic (exact) mass is 431 g/mol. The third-order valence-corrected chi connectivity index (χ3v) is 6.38. The van der Waals surface area contributed by atoms with E-state index in [0.717, 1.165) is 5.70 Å². The van der Waals surface area contributed by atoms with E-state index >= 15 is 0 Å². The predicted octanol–water partition coefficient (Wildman–Crippen LogP) is 7.79. The minimum atomic E-state index is -0.280. The van der Waals surface area contributed by atoms with E-state index in [1.165, 1.54) is 33.6 Å². The Balaban J connectivity index is 2.05. The van der Waals surface area contributed by atoms with Gasteiger partial charge in [-0.15, -0.1) is 0 Å². The molecule has 0 radical (unpaired) electrons. The lowest BCUT2D eigenvalue weighted by molar-refractivity contribution is 0.735. The van der Waals surface area contributed by atoms with E-state index in [9.17, 15) is 0 Å². The Labute approximate surface area is 195 Å². The van der Waals surface area contributed by atoms with Crippen molar-refractivity contribution in [3.63, 3.8) is 0 Å². The summed E-state index contributed by atoms with van der Waals surface area (Å²) in [5.74, 6) is 1.69. The number of anilines is 2. The summed E-state index contributed by atoms with van der Waals surface area (Å²) in [5.41, 5.74) is 15.7. The van der Waals surface area contributed by atoms with Crippen molar-refractivity contribution in [3.8, 4) is 0 Å². The average molecular weight is 432 g/mol. The van der Waals surface area contributed by atoms with Crippen LogP contribution in [0.25, 0.3) is 0 Å². The molecule has 0 bridgehead atoms. The van der Waals surface area contributed by atoms with E-state index in [1.54, 1.807) is 0 Å². The minimum Gasteiger partial charge on any atom is -0.356 e. The normalized spacial score (nSPS) is 16.5. The van der Waals surface area contributed by atoms with Crippen molar-refractivity contribution in [1.82, 2.24) is 0 Å². The van der Waals surface area contributed by atoms with Crippen LogP contribution in [-0.2, 0) is 0 Å². The van der Waals surface area contributed by atoms with Crippen molar-refractivity contribution in [2.45, 2.75) is 85.2 Å². The Kier molecular flexibility index (Phi) is 7.51. The number of benzene rings is 2. The molecule has 3 heteroatoms. The second-order valence-corrected chi connectivity index (χ2v) is 10.2. The lowest BCUT2D eigenvalue weighted by atomic mass is 9.91. The number of nitrogens with two attached hydrogens (primary N) is 1. The largest absolute Gasteiger partial charge is 0.356 e. The summed E-state index contributed by atoms with van der Waals surface area (Å²) < 4.78 is 0. The molecule has 1 heterocycles. The number of rotatable bonds is 7. The Morgan fingerprint density at radius 1 is 0.719 bits per heavy atom. The number of nitrogens with one attached hydrogen (secondary N) is 1. The Hall–Kier alpha value is -2.52. The SMILES string of the molecule is CC(C)c1cccc(C(C)C)c1NC1=CC=CN(c2c(C(C)C)cccc2C(C)C)C1N. The summed E-state index contributed by atoms with van der Waals surface area (Å²) in [7, 11) is 0. The van der Waals surface area contributed by atoms with Gasteiger partial charge in [-0.2, -0.15) is 0 Å². The zero-order chi connectivity index (χ0) is 23.6. The van der Waals surface area contributed by atoms with Gasteiger partial charge in [0.25, 0.3) is 0 Å². The van der Waals surface area contributed by atoms with Gasteiger partial charge in [0, 0.05) is 17.6 Å². The van der Waals surface area contributed by atoms with Crippen LogP contribution in [0.4, 0.5) is 11.4 Å². The van der Waals surface area contributed by atoms with Gasteiger partial charge in [0.2, 0.25) is 0 Å². The quantitative estimate of drug-likeness (QED) is 0.470. The molecule has 0 fully saturated rings. The van der Waals surface area contributed by atoms with E-state index in [2.05, 4.69) is 120 Å². The van der Waals surface area contributed by atoms with E-state index < -0.39 is 0 Å². The standard InChI is InChI=1S/C29H41N3/c1-18(2)22-12-9-13-23(19(3)4)27(22)31-26-16-11-17-32(29(26)30)28-24(20(5)6)14-10-15-25(28)21(7)8/h9-21,29,31H,30H2,1-8H3. The van der Waals surface area contributed by atoms with Crippen LogP contribution >= 0.6 is 0 Å². The molecule has 0 spiro atoms. The Bertz CT molecular complexity index is 943. The van der Waals surface area contributed by atoms with Crippen molar-refractivity contribution in [2.75, 3.05) is 10.2 Å². The molecule has 3 N–H and O–H groups in total. The second-order valence-electron chi connectivity index (χ2n) is 10.2. The molecular formula is C29H41N3. The van der Waals surface area contributed by atoms with E-state index in [1.807, 2.05) is 0 Å². The van der Waals surface area contributed by atoms with Crippen molar-refractivity contribution in [3.05, 3.63) is 82.7 Å². The van der Waals surface area contributed by atoms with Crippen LogP contribution in [0, 0.1) is 0 Å². The van der Waals surface area contributed by atoms with Crippen molar-refractivity contribution >= 4 is 11.4 Å². The highest BCUT2D eigenvalue weighted by Gasteiger charge is 2.27. The first kappa shape index (κ1) is 24.1. The number of hydrogen-bond acceptors (Lipinski definition) is 3. The summed E-state index contributed by atoms with van der Waals surface area (Å²) in [6.45, 7) is 18.0. The first-order valence-electron chi connectivity index (χ1n) is 12.1. The molecular weight excluding hydrogens is 390 g/mol. The fourth-order valence-electron chi connectivity index (χ4n) is 4.56. The Morgan fingerprint density at radius 3 is 1.59 bits per heavy atom. The van der Waals surface area contributed by atoms with Gasteiger partial charge in [-0.1, -0.05) is 91.8 Å². The fraction of sp³-hybridized carbons (Fsp3) is 0.448. The zero-order valence-corrected chi connectivity index (χ0v) is 21.1. The summed E-state index contributed by atoms with van der Waals surface area (Å²) in [6, 6.07) is 13.3. The summed E-state index contributed by atoms with van der Waals surface area (Å²) in [4.78, 5) is 2.25. The second kappa shape index (κ2) is 9.95. The Morgan fingerprint density at radius 2 is 1.16 bits per heavy atom. The third-order valence-electron chi connectivity index (χ3n) is 6.38. The molecule has 3 nitrogen and oxygen atoms in total. The highest BCUT2D eigenvalue weighted by atomic mass is 15.2. The molecule has 1 unspecified atom stereocenters. The molecule has 0 saturated carbocycles. The van der Waals surface area contributed by atoms with Crippen LogP contribution < -0.4 is 16.0 Å². The molecule has 0 aromatic heterocycles. The van der Waals surface area contributed by atoms with E-state index in [0.29, 0.717) is 23.7 Å². The third kappa shape index (κ3) is 4.78. The maximum absolute atomic E-state index is 6.94. The molecule has 1 aliphatic heterocycles. The van der Waals surface area contributed by atoms with Crippen LogP contribution in [0.5, 0.6) is 0 Å². The van der Waals surface area contributed by atoms with Crippen molar-refractivity contribution < 1.29 is 0 Å². The van der Waals surface area contributed by atoms with E-state index in [-0.39, 0.29) is 6.17 Å². The number of para-hydroxylation sites is 2. The molecule has 0 saturated heterocycles. The van der Waals surface area contributed by atoms with Gasteiger partial charge in [0.15, 0.2) is 0 Å². The lowest BCUT2D eigenvalue weighted by Gasteiger charge is -2.37. The maximum atomic E-state index is 6.94. The van der Waals surface area contributed by atoms with E-state index in [4.69, 9.17) is 5.73 Å². The summed E-state index contributed by atoms with van der Waals surface area (Å²) in [5, 5.41) is 3.77. The minimum absolute atomic E-state index is 0.280. The van der Waals surface area contributed by atoms with Crippen molar-refractivity contribution in [2.24, 2.45) is 5.73 Å². The number of hydrogen-bond donors (Lipinski definition) is 2. The molecule has 32 heavy (non-hydrogen) atoms. The predicted molar refractivity (Wildman–Crippen MR) is 141 cm³/mol. The van der Waals surface area contributed by atoms with Gasteiger partial charge in [-0.05, 0) is 58.1 Å². The number of nitrogens with zero attached hydrogens (tertiary/aromatic N) is 1. The van der Waals surface area contributed by atoms with Gasteiger partial charge in [0.1, 0.15) is 6.17 Å². The van der Waals surface area contributed by atoms with Crippen LogP contribution in [0.1, 0.15) is 101 Å². The van der Waals surface area contributed by atoms with Gasteiger partial charge < -0.3 is 16.0 Å². The highest BCUT2D eigenvalue weighted by Crippen LogP contribution is 2.39. The topological polar surface area (TPSA) is 41.3 Å². The molecule has 2 aromatic carbocycles. The molecule has 1 aliphatic rings. The van der Waals surface area contributed by atoms with Gasteiger partial charge in [0.05, 0.1) is 5.70 Å². The molecule has 0 amide bonds. The maximum Gasteiger partial charge on any atom is 0.122 e. The van der Waals surface area contributed by atoms with Crippen LogP contribution in [0.3, 0.4) is 0 Å². The van der Waals surface area contributed by atoms with Crippen LogP contribution in [0.2, 0.25) is 0 Å². The van der Waals surface area contributed by atoms with Crippen LogP contribution in [0.15, 0.2) is 60.4 Å². The number of allylic oxidation sites excluding steroid dienone is 2. The molecule has 1 atom stereocenters. The van der Waals surface area contributed by atoms with Gasteiger partial charge >= 0.3 is 0 Å². The van der Waals surface area contributed by atoms with Gasteiger partial charge in [-0.3, -0.25) is 0 Å². The first-order chi connectivity index (χ1) is 15.1. The zero-order valence-electron chi connectivity index (χ0n) is 21.1. The first-order valence-corrected chi connectivity index (χ1v) is 12.1. The van der Waals surface area contributed by atoms with Crippen molar-refractivity contribution in [1.29, 1.82) is 0 Å². The van der Waals surface area contributed by atoms with Crippen LogP contribution in [-0.4, -0.2) is 6.17 Å². The molecule has 3 rings (SSSR count). The molecule has 0 aliphatic carbocycles. The smallest absolute Gasteiger partial charge is 0.122 e. The molecule has 172 valence electrons. The highest BCUT2D eigenvalue weighted by molar-refractivity contribution is 5.69. The van der Waals surface area contributed by atoms with Gasteiger partial charge in [-0.25, -0.2) is 0 Å². The fourth-order valence-corrected chi connectivity index (χ4v) is 4.56. The summed E-state index contributed by atoms with van der Waals surface area (Å²) in [6.07, 6.45) is 6.08. The lowest BCUT2D eigenvalue weighted by Crippen LogP contribution is -2.44. The molecule has 2 aromatic rings. The average Bonchev–Trinajstić information content (AvgIpc) is 2.74.